The first-order valence-corrected chi connectivity index (χ1v) is 9.40. The second-order valence-electron chi connectivity index (χ2n) is 7.25. The van der Waals surface area contributed by atoms with E-state index in [2.05, 4.69) is 0 Å². The number of aliphatic hydroxyl groups is 2. The van der Waals surface area contributed by atoms with Gasteiger partial charge in [0.05, 0.1) is 11.7 Å². The number of β-amino-alcohol motifs (C(OH)–C–C–N with tert-alkyl or cyclic N) is 1. The minimum absolute atomic E-state index is 0.0788. The van der Waals surface area contributed by atoms with Gasteiger partial charge in [0.15, 0.2) is 0 Å². The van der Waals surface area contributed by atoms with E-state index in [-0.39, 0.29) is 29.6 Å². The lowest BCUT2D eigenvalue weighted by Gasteiger charge is -2.30. The Balaban J connectivity index is 1.65. The van der Waals surface area contributed by atoms with Gasteiger partial charge in [-0.25, -0.2) is 4.39 Å². The molecule has 1 heterocycles. The van der Waals surface area contributed by atoms with E-state index in [0.29, 0.717) is 32.5 Å². The van der Waals surface area contributed by atoms with Crippen LogP contribution in [0.25, 0.3) is 11.1 Å². The van der Waals surface area contributed by atoms with Crippen LogP contribution in [0.3, 0.4) is 0 Å². The van der Waals surface area contributed by atoms with Crippen LogP contribution in [0.2, 0.25) is 0 Å². The maximum absolute atomic E-state index is 14.0. The van der Waals surface area contributed by atoms with Crippen LogP contribution in [0.15, 0.2) is 42.5 Å². The summed E-state index contributed by atoms with van der Waals surface area (Å²) >= 11 is 0. The average Bonchev–Trinajstić information content (AvgIpc) is 2.67. The molecule has 3 rings (SSSR count). The smallest absolute Gasteiger partial charge is 0.416 e. The summed E-state index contributed by atoms with van der Waals surface area (Å²) in [6.07, 6.45) is -4.31. The van der Waals surface area contributed by atoms with Crippen molar-refractivity contribution >= 4 is 0 Å². The van der Waals surface area contributed by atoms with Gasteiger partial charge in [-0.05, 0) is 48.2 Å². The molecule has 29 heavy (non-hydrogen) atoms. The highest BCUT2D eigenvalue weighted by molar-refractivity contribution is 5.66. The van der Waals surface area contributed by atoms with Gasteiger partial charge in [-0.1, -0.05) is 12.1 Å². The summed E-state index contributed by atoms with van der Waals surface area (Å²) in [6.45, 7) is 1.64. The molecular formula is C21H23F4NO3. The molecule has 0 aromatic heterocycles. The summed E-state index contributed by atoms with van der Waals surface area (Å²) in [5.74, 6) is -0.514. The number of ether oxygens (including phenoxy) is 1. The second kappa shape index (κ2) is 9.11. The first-order valence-electron chi connectivity index (χ1n) is 9.40. The normalized spacial score (nSPS) is 17.3. The lowest BCUT2D eigenvalue weighted by molar-refractivity contribution is -0.137. The van der Waals surface area contributed by atoms with E-state index >= 15 is 0 Å². The molecule has 1 atom stereocenters. The van der Waals surface area contributed by atoms with Crippen molar-refractivity contribution in [1.29, 1.82) is 0 Å². The number of benzene rings is 2. The fraction of sp³-hybridized carbons (Fsp3) is 0.429. The van der Waals surface area contributed by atoms with Gasteiger partial charge in [0, 0.05) is 25.7 Å². The van der Waals surface area contributed by atoms with Gasteiger partial charge in [0.25, 0.3) is 0 Å². The molecule has 0 amide bonds. The molecule has 1 unspecified atom stereocenters. The highest BCUT2D eigenvalue weighted by Crippen LogP contribution is 2.33. The zero-order valence-corrected chi connectivity index (χ0v) is 15.7. The summed E-state index contributed by atoms with van der Waals surface area (Å²) in [4.78, 5) is 2.01. The zero-order valence-electron chi connectivity index (χ0n) is 15.7. The van der Waals surface area contributed by atoms with Crippen molar-refractivity contribution in [1.82, 2.24) is 4.90 Å². The Kier molecular flexibility index (Phi) is 6.77. The van der Waals surface area contributed by atoms with E-state index in [0.717, 1.165) is 24.3 Å². The molecule has 2 aromatic rings. The Labute approximate surface area is 166 Å². The van der Waals surface area contributed by atoms with Crippen LogP contribution < -0.4 is 4.74 Å². The number of rotatable bonds is 6. The molecule has 158 valence electrons. The fourth-order valence-electron chi connectivity index (χ4n) is 3.33. The summed E-state index contributed by atoms with van der Waals surface area (Å²) in [5, 5.41) is 19.7. The summed E-state index contributed by atoms with van der Waals surface area (Å²) in [7, 11) is 0. The van der Waals surface area contributed by atoms with Gasteiger partial charge in [-0.2, -0.15) is 13.2 Å². The van der Waals surface area contributed by atoms with Gasteiger partial charge >= 0.3 is 6.18 Å². The molecule has 0 spiro atoms. The minimum atomic E-state index is -4.49. The molecular weight excluding hydrogens is 390 g/mol. The Morgan fingerprint density at radius 2 is 1.79 bits per heavy atom. The fourth-order valence-corrected chi connectivity index (χ4v) is 3.33. The van der Waals surface area contributed by atoms with Crippen LogP contribution in [-0.4, -0.2) is 53.6 Å². The molecule has 2 aromatic carbocycles. The number of piperidine rings is 1. The van der Waals surface area contributed by atoms with Crippen LogP contribution >= 0.6 is 0 Å². The molecule has 0 aliphatic carbocycles. The number of likely N-dealkylation sites (tertiary alicyclic amines) is 1. The maximum atomic E-state index is 14.0. The summed E-state index contributed by atoms with van der Waals surface area (Å²) < 4.78 is 58.2. The highest BCUT2D eigenvalue weighted by Gasteiger charge is 2.30. The lowest BCUT2D eigenvalue weighted by Crippen LogP contribution is -2.41. The molecule has 1 fully saturated rings. The Hall–Kier alpha value is -2.16. The van der Waals surface area contributed by atoms with Crippen LogP contribution in [0.1, 0.15) is 18.4 Å². The van der Waals surface area contributed by atoms with Crippen LogP contribution in [-0.2, 0) is 6.18 Å². The zero-order chi connectivity index (χ0) is 21.0. The van der Waals surface area contributed by atoms with Gasteiger partial charge < -0.3 is 19.8 Å². The third-order valence-corrected chi connectivity index (χ3v) is 4.86. The molecule has 1 aliphatic heterocycles. The van der Waals surface area contributed by atoms with Crippen molar-refractivity contribution in [3.8, 4) is 16.9 Å². The molecule has 0 radical (unpaired) electrons. The topological polar surface area (TPSA) is 52.9 Å². The van der Waals surface area contributed by atoms with E-state index in [1.54, 1.807) is 0 Å². The van der Waals surface area contributed by atoms with Crippen molar-refractivity contribution in [3.05, 3.63) is 53.8 Å². The Morgan fingerprint density at radius 1 is 1.07 bits per heavy atom. The highest BCUT2D eigenvalue weighted by atomic mass is 19.4. The molecule has 8 heteroatoms. The summed E-state index contributed by atoms with van der Waals surface area (Å²) in [6, 6.07) is 8.35. The van der Waals surface area contributed by atoms with Crippen LogP contribution in [0.4, 0.5) is 17.6 Å². The van der Waals surface area contributed by atoms with Crippen molar-refractivity contribution < 1.29 is 32.5 Å². The third kappa shape index (κ3) is 6.16. The van der Waals surface area contributed by atoms with Gasteiger partial charge in [-0.3, -0.25) is 0 Å². The number of halogens is 4. The van der Waals surface area contributed by atoms with E-state index in [1.165, 1.54) is 18.2 Å². The predicted molar refractivity (Wildman–Crippen MR) is 100 cm³/mol. The number of nitrogens with zero attached hydrogens (tertiary/aromatic N) is 1. The monoisotopic (exact) mass is 413 g/mol. The number of hydrogen-bond donors (Lipinski definition) is 2. The predicted octanol–water partition coefficient (Wildman–Crippen LogP) is 3.71. The average molecular weight is 413 g/mol. The number of hydrogen-bond acceptors (Lipinski definition) is 4. The third-order valence-electron chi connectivity index (χ3n) is 4.86. The molecule has 0 saturated carbocycles. The van der Waals surface area contributed by atoms with Gasteiger partial charge in [0.1, 0.15) is 24.3 Å². The SMILES string of the molecule is OC1CCN(CC(O)COc2cc(F)cc(-c3cccc(C(F)(F)F)c3)c2)CC1. The number of aliphatic hydroxyl groups excluding tert-OH is 2. The van der Waals surface area contributed by atoms with Crippen molar-refractivity contribution in [2.45, 2.75) is 31.2 Å². The molecule has 4 nitrogen and oxygen atoms in total. The minimum Gasteiger partial charge on any atom is -0.491 e. The van der Waals surface area contributed by atoms with E-state index in [4.69, 9.17) is 4.74 Å². The maximum Gasteiger partial charge on any atom is 0.416 e. The standard InChI is InChI=1S/C21H23F4NO3/c22-17-9-15(14-2-1-3-16(8-14)21(23,24)25)10-20(11-17)29-13-19(28)12-26-6-4-18(27)5-7-26/h1-3,8-11,18-19,27-28H,4-7,12-13H2. The van der Waals surface area contributed by atoms with Gasteiger partial charge in [0.2, 0.25) is 0 Å². The lowest BCUT2D eigenvalue weighted by atomic mass is 10.0. The van der Waals surface area contributed by atoms with Crippen molar-refractivity contribution in [2.75, 3.05) is 26.2 Å². The quantitative estimate of drug-likeness (QED) is 0.709. The first-order chi connectivity index (χ1) is 13.7. The Bertz CT molecular complexity index is 820. The van der Waals surface area contributed by atoms with Crippen LogP contribution in [0, 0.1) is 5.82 Å². The van der Waals surface area contributed by atoms with Crippen LogP contribution in [0.5, 0.6) is 5.75 Å². The first kappa shape index (κ1) is 21.5. The van der Waals surface area contributed by atoms with Gasteiger partial charge in [-0.15, -0.1) is 0 Å². The second-order valence-corrected chi connectivity index (χ2v) is 7.25. The molecule has 0 bridgehead atoms. The largest absolute Gasteiger partial charge is 0.491 e. The molecule has 1 aliphatic rings. The van der Waals surface area contributed by atoms with E-state index in [1.807, 2.05) is 4.90 Å². The number of alkyl halides is 3. The van der Waals surface area contributed by atoms with E-state index < -0.39 is 23.7 Å². The molecule has 2 N–H and O–H groups in total. The van der Waals surface area contributed by atoms with Crippen molar-refractivity contribution in [2.24, 2.45) is 0 Å². The Morgan fingerprint density at radius 3 is 2.48 bits per heavy atom. The van der Waals surface area contributed by atoms with E-state index in [9.17, 15) is 27.8 Å². The van der Waals surface area contributed by atoms with Crippen molar-refractivity contribution in [3.63, 3.8) is 0 Å². The molecule has 1 saturated heterocycles. The summed E-state index contributed by atoms with van der Waals surface area (Å²) in [5.41, 5.74) is -0.342.